The lowest BCUT2D eigenvalue weighted by molar-refractivity contribution is 0.0603. The van der Waals surface area contributed by atoms with Gasteiger partial charge >= 0.3 is 5.97 Å². The van der Waals surface area contributed by atoms with Crippen LogP contribution < -0.4 is 9.47 Å². The number of nitrogens with zero attached hydrogens (tertiary/aromatic N) is 1. The second kappa shape index (κ2) is 8.53. The molecule has 0 radical (unpaired) electrons. The van der Waals surface area contributed by atoms with Crippen LogP contribution in [-0.4, -0.2) is 37.3 Å². The van der Waals surface area contributed by atoms with E-state index in [0.717, 1.165) is 11.1 Å². The van der Waals surface area contributed by atoms with E-state index >= 15 is 0 Å². The number of hydrogen-bond donors (Lipinski definition) is 1. The van der Waals surface area contributed by atoms with Crippen LogP contribution in [0.4, 0.5) is 0 Å². The van der Waals surface area contributed by atoms with E-state index in [4.69, 9.17) is 14.2 Å². The number of nitrogens with one attached hydrogen (secondary N) is 1. The summed E-state index contributed by atoms with van der Waals surface area (Å²) in [6.07, 6.45) is 3.74. The van der Waals surface area contributed by atoms with Gasteiger partial charge in [-0.05, 0) is 35.9 Å². The van der Waals surface area contributed by atoms with Gasteiger partial charge in [0.15, 0.2) is 11.5 Å². The Bertz CT molecular complexity index is 950. The highest BCUT2D eigenvalue weighted by Crippen LogP contribution is 2.28. The minimum atomic E-state index is -0.410. The number of aromatic amines is 1. The summed E-state index contributed by atoms with van der Waals surface area (Å²) in [5.74, 6) is 1.56. The molecule has 0 aliphatic heterocycles. The number of methoxy groups -OCH3 is 3. The van der Waals surface area contributed by atoms with Crippen molar-refractivity contribution in [2.45, 2.75) is 0 Å². The standard InChI is InChI=1S/C19H18N2O4.BrH/c1-23-15-9-7-12(11-16(15)24-2)8-10-17-20-14-6-4-5-13(18(14)21-17)19(22)25-3;/h4-11H,1-3H3,(H,20,21);1H/b10-8+;. The molecule has 0 atom stereocenters. The quantitative estimate of drug-likeness (QED) is 0.630. The Labute approximate surface area is 161 Å². The first-order chi connectivity index (χ1) is 12.2. The fourth-order valence-corrected chi connectivity index (χ4v) is 2.54. The summed E-state index contributed by atoms with van der Waals surface area (Å²) in [5.41, 5.74) is 2.73. The van der Waals surface area contributed by atoms with Crippen molar-refractivity contribution >= 4 is 46.1 Å². The number of para-hydroxylation sites is 1. The largest absolute Gasteiger partial charge is 0.493 e. The lowest BCUT2D eigenvalue weighted by atomic mass is 10.2. The molecule has 136 valence electrons. The van der Waals surface area contributed by atoms with E-state index in [1.807, 2.05) is 36.4 Å². The molecule has 1 heterocycles. The molecule has 0 unspecified atom stereocenters. The predicted octanol–water partition coefficient (Wildman–Crippen LogP) is 4.12. The normalized spacial score (nSPS) is 10.6. The number of esters is 1. The number of halogens is 1. The van der Waals surface area contributed by atoms with Crippen molar-refractivity contribution in [3.63, 3.8) is 0 Å². The molecule has 0 bridgehead atoms. The SMILES string of the molecule is Br.COC(=O)c1cccc2[nH]c(/C=C/c3ccc(OC)c(OC)c3)nc12. The Hall–Kier alpha value is -2.80. The molecule has 0 aliphatic carbocycles. The van der Waals surface area contributed by atoms with E-state index in [9.17, 15) is 4.79 Å². The average molecular weight is 419 g/mol. The van der Waals surface area contributed by atoms with Crippen molar-refractivity contribution in [3.05, 3.63) is 53.3 Å². The molecule has 0 fully saturated rings. The van der Waals surface area contributed by atoms with Gasteiger partial charge in [-0.25, -0.2) is 9.78 Å². The molecule has 0 saturated heterocycles. The maximum atomic E-state index is 11.8. The van der Waals surface area contributed by atoms with Crippen LogP contribution in [0.2, 0.25) is 0 Å². The number of hydrogen-bond acceptors (Lipinski definition) is 5. The summed E-state index contributed by atoms with van der Waals surface area (Å²) in [5, 5.41) is 0. The lowest BCUT2D eigenvalue weighted by Crippen LogP contribution is -2.01. The van der Waals surface area contributed by atoms with Crippen LogP contribution >= 0.6 is 17.0 Å². The number of fused-ring (bicyclic) bond motifs is 1. The molecule has 1 N–H and O–H groups in total. The Morgan fingerprint density at radius 2 is 1.81 bits per heavy atom. The van der Waals surface area contributed by atoms with Crippen molar-refractivity contribution in [3.8, 4) is 11.5 Å². The third-order valence-electron chi connectivity index (χ3n) is 3.78. The fraction of sp³-hybridized carbons (Fsp3) is 0.158. The molecule has 0 saturated carbocycles. The molecule has 6 nitrogen and oxygen atoms in total. The maximum absolute atomic E-state index is 11.8. The average Bonchev–Trinajstić information content (AvgIpc) is 3.08. The molecule has 2 aromatic carbocycles. The number of imidazole rings is 1. The van der Waals surface area contributed by atoms with Crippen molar-refractivity contribution in [2.75, 3.05) is 21.3 Å². The molecule has 0 spiro atoms. The van der Waals surface area contributed by atoms with Crippen LogP contribution in [0, 0.1) is 0 Å². The van der Waals surface area contributed by atoms with Crippen LogP contribution in [0.15, 0.2) is 36.4 Å². The molecular formula is C19H19BrN2O4. The third-order valence-corrected chi connectivity index (χ3v) is 3.78. The molecule has 0 aliphatic rings. The van der Waals surface area contributed by atoms with E-state index in [-0.39, 0.29) is 17.0 Å². The van der Waals surface area contributed by atoms with Gasteiger partial charge in [0, 0.05) is 0 Å². The van der Waals surface area contributed by atoms with Crippen molar-refractivity contribution < 1.29 is 19.0 Å². The highest BCUT2D eigenvalue weighted by atomic mass is 79.9. The number of aromatic nitrogens is 2. The zero-order chi connectivity index (χ0) is 17.8. The van der Waals surface area contributed by atoms with Crippen molar-refractivity contribution in [1.29, 1.82) is 0 Å². The summed E-state index contributed by atoms with van der Waals surface area (Å²) >= 11 is 0. The molecule has 1 aromatic heterocycles. The van der Waals surface area contributed by atoms with Gasteiger partial charge in [-0.15, -0.1) is 17.0 Å². The molecular weight excluding hydrogens is 400 g/mol. The number of carbonyl (C=O) groups excluding carboxylic acids is 1. The van der Waals surface area contributed by atoms with Crippen LogP contribution in [-0.2, 0) is 4.74 Å². The molecule has 3 rings (SSSR count). The van der Waals surface area contributed by atoms with E-state index in [1.165, 1.54) is 7.11 Å². The Morgan fingerprint density at radius 1 is 1.04 bits per heavy atom. The van der Waals surface area contributed by atoms with Crippen LogP contribution in [0.3, 0.4) is 0 Å². The van der Waals surface area contributed by atoms with Gasteiger partial charge in [0.05, 0.1) is 32.4 Å². The lowest BCUT2D eigenvalue weighted by Gasteiger charge is -2.07. The molecule has 0 amide bonds. The zero-order valence-electron chi connectivity index (χ0n) is 14.6. The minimum absolute atomic E-state index is 0. The predicted molar refractivity (Wildman–Crippen MR) is 106 cm³/mol. The topological polar surface area (TPSA) is 73.4 Å². The van der Waals surface area contributed by atoms with E-state index in [2.05, 4.69) is 9.97 Å². The number of ether oxygens (including phenoxy) is 3. The van der Waals surface area contributed by atoms with E-state index in [0.29, 0.717) is 28.4 Å². The summed E-state index contributed by atoms with van der Waals surface area (Å²) in [6, 6.07) is 11.0. The highest BCUT2D eigenvalue weighted by molar-refractivity contribution is 8.93. The van der Waals surface area contributed by atoms with Gasteiger partial charge in [0.25, 0.3) is 0 Å². The first-order valence-corrected chi connectivity index (χ1v) is 7.63. The number of benzene rings is 2. The summed E-state index contributed by atoms with van der Waals surface area (Å²) < 4.78 is 15.3. The fourth-order valence-electron chi connectivity index (χ4n) is 2.54. The smallest absolute Gasteiger partial charge is 0.340 e. The van der Waals surface area contributed by atoms with Gasteiger partial charge < -0.3 is 19.2 Å². The van der Waals surface area contributed by atoms with Crippen LogP contribution in [0.25, 0.3) is 23.2 Å². The van der Waals surface area contributed by atoms with E-state index in [1.54, 1.807) is 26.4 Å². The second-order valence-corrected chi connectivity index (χ2v) is 5.26. The van der Waals surface area contributed by atoms with Crippen molar-refractivity contribution in [2.24, 2.45) is 0 Å². The first kappa shape index (κ1) is 19.5. The van der Waals surface area contributed by atoms with Crippen LogP contribution in [0.5, 0.6) is 11.5 Å². The van der Waals surface area contributed by atoms with Gasteiger partial charge in [0.1, 0.15) is 11.3 Å². The van der Waals surface area contributed by atoms with Crippen molar-refractivity contribution in [1.82, 2.24) is 9.97 Å². The summed E-state index contributed by atoms with van der Waals surface area (Å²) in [4.78, 5) is 19.5. The molecule has 7 heteroatoms. The number of carbonyl (C=O) groups is 1. The molecule has 3 aromatic rings. The highest BCUT2D eigenvalue weighted by Gasteiger charge is 2.13. The minimum Gasteiger partial charge on any atom is -0.493 e. The number of rotatable bonds is 5. The van der Waals surface area contributed by atoms with Gasteiger partial charge in [0.2, 0.25) is 0 Å². The third kappa shape index (κ3) is 3.88. The zero-order valence-corrected chi connectivity index (χ0v) is 16.3. The Morgan fingerprint density at radius 3 is 2.50 bits per heavy atom. The molecule has 26 heavy (non-hydrogen) atoms. The van der Waals surface area contributed by atoms with Gasteiger partial charge in [-0.1, -0.05) is 18.2 Å². The first-order valence-electron chi connectivity index (χ1n) is 7.63. The summed E-state index contributed by atoms with van der Waals surface area (Å²) in [7, 11) is 4.55. The second-order valence-electron chi connectivity index (χ2n) is 5.26. The van der Waals surface area contributed by atoms with Crippen LogP contribution in [0.1, 0.15) is 21.7 Å². The number of H-pyrrole nitrogens is 1. The maximum Gasteiger partial charge on any atom is 0.340 e. The van der Waals surface area contributed by atoms with Gasteiger partial charge in [-0.3, -0.25) is 0 Å². The monoisotopic (exact) mass is 418 g/mol. The Balaban J connectivity index is 0.00000243. The Kier molecular flexibility index (Phi) is 6.41. The summed E-state index contributed by atoms with van der Waals surface area (Å²) in [6.45, 7) is 0. The van der Waals surface area contributed by atoms with E-state index < -0.39 is 5.97 Å². The van der Waals surface area contributed by atoms with Gasteiger partial charge in [-0.2, -0.15) is 0 Å².